The molecule has 2 N–H and O–H groups in total. The van der Waals surface area contributed by atoms with E-state index in [4.69, 9.17) is 5.11 Å². The molecule has 0 unspecified atom stereocenters. The molecule has 1 aliphatic carbocycles. The third-order valence-corrected chi connectivity index (χ3v) is 4.85. The summed E-state index contributed by atoms with van der Waals surface area (Å²) >= 11 is 1.23. The second-order valence-corrected chi connectivity index (χ2v) is 6.50. The molecule has 7 nitrogen and oxygen atoms in total. The first-order chi connectivity index (χ1) is 10.9. The molecular formula is C15H18N2O5S. The van der Waals surface area contributed by atoms with Crippen LogP contribution in [0.25, 0.3) is 0 Å². The fourth-order valence-electron chi connectivity index (χ4n) is 2.97. The van der Waals surface area contributed by atoms with Gasteiger partial charge in [0.15, 0.2) is 0 Å². The number of thioether (sulfide) groups is 1. The lowest BCUT2D eigenvalue weighted by Crippen LogP contribution is -2.47. The number of carbonyl (C=O) groups is 2. The highest BCUT2D eigenvalue weighted by molar-refractivity contribution is 7.98. The smallest absolute Gasteiger partial charge is 0.305 e. The second-order valence-electron chi connectivity index (χ2n) is 5.66. The van der Waals surface area contributed by atoms with Crippen LogP contribution in [-0.2, 0) is 4.79 Å². The van der Waals surface area contributed by atoms with Crippen LogP contribution in [0.2, 0.25) is 0 Å². The van der Waals surface area contributed by atoms with E-state index in [-0.39, 0.29) is 17.7 Å². The Bertz CT molecular complexity index is 641. The lowest BCUT2D eigenvalue weighted by Gasteiger charge is -2.28. The number of hydrogen-bond donors (Lipinski definition) is 2. The van der Waals surface area contributed by atoms with Gasteiger partial charge in [-0.3, -0.25) is 19.7 Å². The van der Waals surface area contributed by atoms with Crippen LogP contribution in [-0.4, -0.2) is 33.7 Å². The molecule has 124 valence electrons. The zero-order valence-corrected chi connectivity index (χ0v) is 13.5. The van der Waals surface area contributed by atoms with Crippen molar-refractivity contribution in [3.05, 3.63) is 33.9 Å². The summed E-state index contributed by atoms with van der Waals surface area (Å²) in [5.41, 5.74) is -0.703. The van der Waals surface area contributed by atoms with Crippen LogP contribution in [0.5, 0.6) is 0 Å². The number of rotatable bonds is 6. The quantitative estimate of drug-likeness (QED) is 0.469. The monoisotopic (exact) mass is 338 g/mol. The molecule has 2 rings (SSSR count). The Labute approximate surface area is 137 Å². The summed E-state index contributed by atoms with van der Waals surface area (Å²) < 4.78 is 0. The number of aliphatic carboxylic acids is 1. The van der Waals surface area contributed by atoms with Crippen molar-refractivity contribution in [1.29, 1.82) is 0 Å². The van der Waals surface area contributed by atoms with Gasteiger partial charge in [0, 0.05) is 11.6 Å². The van der Waals surface area contributed by atoms with Gasteiger partial charge in [-0.2, -0.15) is 0 Å². The van der Waals surface area contributed by atoms with Crippen LogP contribution >= 0.6 is 11.8 Å². The Morgan fingerprint density at radius 1 is 1.39 bits per heavy atom. The van der Waals surface area contributed by atoms with Crippen LogP contribution in [0.1, 0.15) is 42.5 Å². The third kappa shape index (κ3) is 4.01. The summed E-state index contributed by atoms with van der Waals surface area (Å²) in [4.78, 5) is 34.5. The van der Waals surface area contributed by atoms with Gasteiger partial charge in [0.1, 0.15) is 0 Å². The predicted molar refractivity (Wildman–Crippen MR) is 85.8 cm³/mol. The first kappa shape index (κ1) is 17.3. The summed E-state index contributed by atoms with van der Waals surface area (Å²) in [7, 11) is 0. The molecule has 8 heteroatoms. The molecule has 1 aromatic carbocycles. The second kappa shape index (κ2) is 6.99. The molecule has 1 saturated carbocycles. The number of carbonyl (C=O) groups excluding carboxylic acids is 1. The van der Waals surface area contributed by atoms with Gasteiger partial charge in [-0.15, -0.1) is 11.8 Å². The molecule has 0 aliphatic heterocycles. The number of hydrogen-bond acceptors (Lipinski definition) is 5. The summed E-state index contributed by atoms with van der Waals surface area (Å²) in [5.74, 6) is -1.43. The van der Waals surface area contributed by atoms with Gasteiger partial charge in [-0.1, -0.05) is 12.8 Å². The van der Waals surface area contributed by atoms with Crippen LogP contribution < -0.4 is 5.32 Å². The molecule has 0 aromatic heterocycles. The molecule has 0 spiro atoms. The van der Waals surface area contributed by atoms with Crippen molar-refractivity contribution in [3.8, 4) is 0 Å². The highest BCUT2D eigenvalue weighted by Crippen LogP contribution is 2.33. The van der Waals surface area contributed by atoms with Gasteiger partial charge in [-0.25, -0.2) is 0 Å². The number of amides is 1. The van der Waals surface area contributed by atoms with E-state index in [9.17, 15) is 19.7 Å². The normalized spacial score (nSPS) is 16.0. The van der Waals surface area contributed by atoms with E-state index in [1.54, 1.807) is 6.26 Å². The number of nitrogens with zero attached hydrogens (tertiary/aromatic N) is 1. The topological polar surface area (TPSA) is 110 Å². The highest BCUT2D eigenvalue weighted by Gasteiger charge is 2.37. The van der Waals surface area contributed by atoms with E-state index in [1.807, 2.05) is 0 Å². The fourth-order valence-corrected chi connectivity index (χ4v) is 3.52. The molecule has 1 fully saturated rings. The number of nitro benzene ring substituents is 1. The maximum Gasteiger partial charge on any atom is 0.305 e. The Kier molecular flexibility index (Phi) is 5.25. The van der Waals surface area contributed by atoms with Gasteiger partial charge in [0.05, 0.1) is 21.8 Å². The number of carboxylic acid groups (broad SMARTS) is 1. The van der Waals surface area contributed by atoms with Crippen molar-refractivity contribution in [2.75, 3.05) is 6.26 Å². The number of nitrogens with one attached hydrogen (secondary N) is 1. The minimum atomic E-state index is -0.962. The van der Waals surface area contributed by atoms with Gasteiger partial charge in [0.2, 0.25) is 0 Å². The van der Waals surface area contributed by atoms with E-state index < -0.39 is 22.3 Å². The summed E-state index contributed by atoms with van der Waals surface area (Å²) in [6.45, 7) is 0. The molecule has 1 aromatic rings. The van der Waals surface area contributed by atoms with Crippen LogP contribution in [0, 0.1) is 10.1 Å². The minimum Gasteiger partial charge on any atom is -0.481 e. The van der Waals surface area contributed by atoms with Crippen molar-refractivity contribution in [1.82, 2.24) is 5.32 Å². The molecule has 0 saturated heterocycles. The minimum absolute atomic E-state index is 0.121. The van der Waals surface area contributed by atoms with E-state index in [1.165, 1.54) is 30.0 Å². The van der Waals surface area contributed by atoms with E-state index in [2.05, 4.69) is 5.32 Å². The first-order valence-corrected chi connectivity index (χ1v) is 8.46. The third-order valence-electron chi connectivity index (χ3n) is 4.07. The SMILES string of the molecule is CSc1ccc(C(=O)NC2(CC(=O)O)CCCC2)cc1[N+](=O)[O-]. The standard InChI is InChI=1S/C15H18N2O5S/c1-23-12-5-4-10(8-11(12)17(21)22)14(20)16-15(9-13(18)19)6-2-3-7-15/h4-5,8H,2-3,6-7,9H2,1H3,(H,16,20)(H,18,19). The Hall–Kier alpha value is -2.09. The van der Waals surface area contributed by atoms with Crippen molar-refractivity contribution < 1.29 is 19.6 Å². The van der Waals surface area contributed by atoms with Crippen LogP contribution in [0.4, 0.5) is 5.69 Å². The van der Waals surface area contributed by atoms with E-state index in [0.29, 0.717) is 17.7 Å². The van der Waals surface area contributed by atoms with Crippen LogP contribution in [0.3, 0.4) is 0 Å². The van der Waals surface area contributed by atoms with E-state index >= 15 is 0 Å². The molecule has 1 amide bonds. The lowest BCUT2D eigenvalue weighted by molar-refractivity contribution is -0.387. The molecule has 0 heterocycles. The Morgan fingerprint density at radius 3 is 2.57 bits per heavy atom. The Morgan fingerprint density at radius 2 is 2.04 bits per heavy atom. The summed E-state index contributed by atoms with van der Waals surface area (Å²) in [6, 6.07) is 4.30. The maximum atomic E-state index is 12.4. The van der Waals surface area contributed by atoms with Crippen LogP contribution in [0.15, 0.2) is 23.1 Å². The maximum absolute atomic E-state index is 12.4. The zero-order chi connectivity index (χ0) is 17.0. The van der Waals surface area contributed by atoms with Gasteiger partial charge < -0.3 is 10.4 Å². The van der Waals surface area contributed by atoms with Crippen molar-refractivity contribution in [3.63, 3.8) is 0 Å². The molecule has 0 bridgehead atoms. The van der Waals surface area contributed by atoms with Gasteiger partial charge in [0.25, 0.3) is 11.6 Å². The summed E-state index contributed by atoms with van der Waals surface area (Å²) in [5, 5.41) is 23.0. The Balaban J connectivity index is 2.24. The van der Waals surface area contributed by atoms with E-state index in [0.717, 1.165) is 12.8 Å². The zero-order valence-electron chi connectivity index (χ0n) is 12.7. The lowest BCUT2D eigenvalue weighted by atomic mass is 9.92. The van der Waals surface area contributed by atoms with Crippen molar-refractivity contribution in [2.24, 2.45) is 0 Å². The molecular weight excluding hydrogens is 320 g/mol. The largest absolute Gasteiger partial charge is 0.481 e. The fraction of sp³-hybridized carbons (Fsp3) is 0.467. The average Bonchev–Trinajstić information content (AvgIpc) is 2.93. The van der Waals surface area contributed by atoms with Gasteiger partial charge in [-0.05, 0) is 31.2 Å². The molecule has 1 aliphatic rings. The molecule has 0 radical (unpaired) electrons. The predicted octanol–water partition coefficient (Wildman–Crippen LogP) is 2.83. The van der Waals surface area contributed by atoms with Gasteiger partial charge >= 0.3 is 5.97 Å². The van der Waals surface area contributed by atoms with Crippen molar-refractivity contribution in [2.45, 2.75) is 42.5 Å². The first-order valence-electron chi connectivity index (χ1n) is 7.24. The number of nitro groups is 1. The molecule has 23 heavy (non-hydrogen) atoms. The summed E-state index contributed by atoms with van der Waals surface area (Å²) in [6.07, 6.45) is 4.52. The average molecular weight is 338 g/mol. The molecule has 0 atom stereocenters. The number of benzene rings is 1. The highest BCUT2D eigenvalue weighted by atomic mass is 32.2. The van der Waals surface area contributed by atoms with Crippen molar-refractivity contribution >= 4 is 29.3 Å². The number of carboxylic acids is 1.